The van der Waals surface area contributed by atoms with Gasteiger partial charge in [0.2, 0.25) is 5.91 Å². The van der Waals surface area contributed by atoms with Gasteiger partial charge in [0.1, 0.15) is 0 Å². The lowest BCUT2D eigenvalue weighted by Gasteiger charge is -2.32. The summed E-state index contributed by atoms with van der Waals surface area (Å²) < 4.78 is 0. The fourth-order valence-corrected chi connectivity index (χ4v) is 2.57. The number of amides is 1. The van der Waals surface area contributed by atoms with Crippen LogP contribution in [0, 0.1) is 0 Å². The number of carbonyl (C=O) groups is 1. The highest BCUT2D eigenvalue weighted by atomic mass is 35.5. The van der Waals surface area contributed by atoms with Crippen LogP contribution < -0.4 is 5.32 Å². The summed E-state index contributed by atoms with van der Waals surface area (Å²) >= 11 is 11.9. The van der Waals surface area contributed by atoms with Crippen molar-refractivity contribution >= 4 is 29.1 Å². The van der Waals surface area contributed by atoms with E-state index in [1.54, 1.807) is 12.1 Å². The minimum atomic E-state index is 0.118. The second kappa shape index (κ2) is 5.91. The predicted octanol–water partition coefficient (Wildman–Crippen LogP) is 2.36. The van der Waals surface area contributed by atoms with Crippen LogP contribution in [0.1, 0.15) is 12.5 Å². The molecule has 3 nitrogen and oxygen atoms in total. The molecule has 0 spiro atoms. The summed E-state index contributed by atoms with van der Waals surface area (Å²) in [4.78, 5) is 14.0. The molecule has 1 heterocycles. The van der Waals surface area contributed by atoms with Gasteiger partial charge in [-0.1, -0.05) is 29.3 Å². The number of halogens is 2. The number of hydrogen-bond acceptors (Lipinski definition) is 2. The maximum absolute atomic E-state index is 12.2. The summed E-state index contributed by atoms with van der Waals surface area (Å²) in [6, 6.07) is 5.60. The van der Waals surface area contributed by atoms with Crippen molar-refractivity contribution in [2.75, 3.05) is 19.6 Å². The third-order valence-corrected chi connectivity index (χ3v) is 3.67. The molecule has 0 bridgehead atoms. The summed E-state index contributed by atoms with van der Waals surface area (Å²) in [5.74, 6) is 0.118. The Kier molecular flexibility index (Phi) is 4.49. The van der Waals surface area contributed by atoms with Gasteiger partial charge < -0.3 is 10.2 Å². The van der Waals surface area contributed by atoms with E-state index in [2.05, 4.69) is 12.2 Å². The van der Waals surface area contributed by atoms with Gasteiger partial charge in [0.25, 0.3) is 0 Å². The summed E-state index contributed by atoms with van der Waals surface area (Å²) in [7, 11) is 0. The zero-order valence-electron chi connectivity index (χ0n) is 10.2. The Morgan fingerprint density at radius 3 is 2.94 bits per heavy atom. The van der Waals surface area contributed by atoms with Gasteiger partial charge >= 0.3 is 0 Å². The predicted molar refractivity (Wildman–Crippen MR) is 74.2 cm³/mol. The highest BCUT2D eigenvalue weighted by Gasteiger charge is 2.21. The second-order valence-electron chi connectivity index (χ2n) is 4.61. The molecule has 0 aromatic heterocycles. The normalized spacial score (nSPS) is 19.9. The van der Waals surface area contributed by atoms with Gasteiger partial charge in [0.05, 0.1) is 6.42 Å². The number of benzene rings is 1. The molecule has 98 valence electrons. The number of carbonyl (C=O) groups excluding carboxylic acids is 1. The third-order valence-electron chi connectivity index (χ3n) is 3.08. The van der Waals surface area contributed by atoms with E-state index in [4.69, 9.17) is 23.2 Å². The molecule has 1 aliphatic rings. The van der Waals surface area contributed by atoms with E-state index in [0.717, 1.165) is 25.2 Å². The van der Waals surface area contributed by atoms with Crippen molar-refractivity contribution in [1.82, 2.24) is 10.2 Å². The van der Waals surface area contributed by atoms with Crippen LogP contribution in [0.4, 0.5) is 0 Å². The molecule has 1 unspecified atom stereocenters. The lowest BCUT2D eigenvalue weighted by Crippen LogP contribution is -2.51. The first kappa shape index (κ1) is 13.7. The maximum atomic E-state index is 12.2. The average Bonchev–Trinajstić information content (AvgIpc) is 2.32. The van der Waals surface area contributed by atoms with Gasteiger partial charge in [-0.15, -0.1) is 0 Å². The van der Waals surface area contributed by atoms with Crippen LogP contribution in [0.3, 0.4) is 0 Å². The zero-order valence-corrected chi connectivity index (χ0v) is 11.8. The van der Waals surface area contributed by atoms with Gasteiger partial charge in [-0.2, -0.15) is 0 Å². The molecule has 1 fully saturated rings. The van der Waals surface area contributed by atoms with Crippen LogP contribution in [0.5, 0.6) is 0 Å². The number of hydrogen-bond donors (Lipinski definition) is 1. The zero-order chi connectivity index (χ0) is 13.1. The molecule has 1 aliphatic heterocycles. The van der Waals surface area contributed by atoms with Crippen LogP contribution in [0.2, 0.25) is 10.0 Å². The molecule has 1 N–H and O–H groups in total. The quantitative estimate of drug-likeness (QED) is 0.905. The van der Waals surface area contributed by atoms with Crippen LogP contribution in [0.15, 0.2) is 18.2 Å². The molecule has 1 saturated heterocycles. The Labute approximate surface area is 117 Å². The number of piperazine rings is 1. The van der Waals surface area contributed by atoms with E-state index in [0.29, 0.717) is 22.5 Å². The Hall–Kier alpha value is -0.770. The Morgan fingerprint density at radius 1 is 1.50 bits per heavy atom. The van der Waals surface area contributed by atoms with Crippen molar-refractivity contribution in [3.63, 3.8) is 0 Å². The van der Waals surface area contributed by atoms with E-state index in [9.17, 15) is 4.79 Å². The number of nitrogens with zero attached hydrogens (tertiary/aromatic N) is 1. The standard InChI is InChI=1S/C13H16Cl2N2O/c1-9-8-17(5-4-16-9)13(18)6-10-2-3-11(14)7-12(10)15/h2-3,7,9,16H,4-6,8H2,1H3. The van der Waals surface area contributed by atoms with E-state index in [1.165, 1.54) is 0 Å². The monoisotopic (exact) mass is 286 g/mol. The Balaban J connectivity index is 2.02. The first-order valence-electron chi connectivity index (χ1n) is 6.01. The van der Waals surface area contributed by atoms with Gasteiger partial charge in [0.15, 0.2) is 0 Å². The van der Waals surface area contributed by atoms with Crippen molar-refractivity contribution in [3.8, 4) is 0 Å². The van der Waals surface area contributed by atoms with Crippen molar-refractivity contribution in [2.45, 2.75) is 19.4 Å². The van der Waals surface area contributed by atoms with Gasteiger partial charge in [-0.3, -0.25) is 4.79 Å². The highest BCUT2D eigenvalue weighted by Crippen LogP contribution is 2.22. The molecule has 1 aromatic rings. The molecular formula is C13H16Cl2N2O. The van der Waals surface area contributed by atoms with Gasteiger partial charge in [-0.05, 0) is 24.6 Å². The van der Waals surface area contributed by atoms with Crippen molar-refractivity contribution in [3.05, 3.63) is 33.8 Å². The SMILES string of the molecule is CC1CN(C(=O)Cc2ccc(Cl)cc2Cl)CCN1. The molecule has 5 heteroatoms. The number of rotatable bonds is 2. The Morgan fingerprint density at radius 2 is 2.28 bits per heavy atom. The lowest BCUT2D eigenvalue weighted by atomic mass is 10.1. The molecular weight excluding hydrogens is 271 g/mol. The molecule has 0 radical (unpaired) electrons. The summed E-state index contributed by atoms with van der Waals surface area (Å²) in [6.07, 6.45) is 0.336. The molecule has 2 rings (SSSR count). The Bertz CT molecular complexity index is 451. The molecule has 1 aromatic carbocycles. The van der Waals surface area contributed by atoms with E-state index >= 15 is 0 Å². The summed E-state index contributed by atoms with van der Waals surface area (Å²) in [6.45, 7) is 4.44. The van der Waals surface area contributed by atoms with Crippen molar-refractivity contribution in [2.24, 2.45) is 0 Å². The minimum Gasteiger partial charge on any atom is -0.340 e. The summed E-state index contributed by atoms with van der Waals surface area (Å²) in [5.41, 5.74) is 0.831. The second-order valence-corrected chi connectivity index (χ2v) is 5.45. The molecule has 1 amide bonds. The molecule has 0 aliphatic carbocycles. The summed E-state index contributed by atoms with van der Waals surface area (Å²) in [5, 5.41) is 4.46. The fraction of sp³-hybridized carbons (Fsp3) is 0.462. The molecule has 0 saturated carbocycles. The van der Waals surface area contributed by atoms with Crippen LogP contribution in [-0.2, 0) is 11.2 Å². The van der Waals surface area contributed by atoms with Crippen LogP contribution in [-0.4, -0.2) is 36.5 Å². The van der Waals surface area contributed by atoms with E-state index in [1.807, 2.05) is 11.0 Å². The van der Waals surface area contributed by atoms with E-state index in [-0.39, 0.29) is 5.91 Å². The fourth-order valence-electron chi connectivity index (χ4n) is 2.10. The van der Waals surface area contributed by atoms with E-state index < -0.39 is 0 Å². The maximum Gasteiger partial charge on any atom is 0.227 e. The van der Waals surface area contributed by atoms with Crippen molar-refractivity contribution in [1.29, 1.82) is 0 Å². The topological polar surface area (TPSA) is 32.3 Å². The average molecular weight is 287 g/mol. The molecule has 18 heavy (non-hydrogen) atoms. The molecule has 1 atom stereocenters. The van der Waals surface area contributed by atoms with Crippen molar-refractivity contribution < 1.29 is 4.79 Å². The highest BCUT2D eigenvalue weighted by molar-refractivity contribution is 6.35. The number of nitrogens with one attached hydrogen (secondary N) is 1. The van der Waals surface area contributed by atoms with Crippen LogP contribution >= 0.6 is 23.2 Å². The van der Waals surface area contributed by atoms with Gasteiger partial charge in [-0.25, -0.2) is 0 Å². The first-order chi connectivity index (χ1) is 8.56. The van der Waals surface area contributed by atoms with Gasteiger partial charge in [0, 0.05) is 35.7 Å². The lowest BCUT2D eigenvalue weighted by molar-refractivity contribution is -0.131. The largest absolute Gasteiger partial charge is 0.340 e. The minimum absolute atomic E-state index is 0.118. The van der Waals surface area contributed by atoms with Crippen LogP contribution in [0.25, 0.3) is 0 Å². The first-order valence-corrected chi connectivity index (χ1v) is 6.77. The smallest absolute Gasteiger partial charge is 0.227 e. The third kappa shape index (κ3) is 3.37.